The maximum Gasteiger partial charge on any atom is 0.250 e. The summed E-state index contributed by atoms with van der Waals surface area (Å²) in [6, 6.07) is 19.4. The number of furan rings is 1. The molecule has 1 aliphatic rings. The molecule has 1 saturated heterocycles. The summed E-state index contributed by atoms with van der Waals surface area (Å²) in [5.74, 6) is 0.698. The van der Waals surface area contributed by atoms with E-state index >= 15 is 0 Å². The Morgan fingerprint density at radius 3 is 2.65 bits per heavy atom. The number of ether oxygens (including phenoxy) is 1. The van der Waals surface area contributed by atoms with Crippen LogP contribution in [-0.2, 0) is 16.1 Å². The molecular formula is C28H29N5O3S. The first-order chi connectivity index (χ1) is 18.0. The third-order valence-electron chi connectivity index (χ3n) is 6.63. The molecule has 0 saturated carbocycles. The van der Waals surface area contributed by atoms with Crippen molar-refractivity contribution in [3.63, 3.8) is 0 Å². The number of aryl methyl sites for hydroxylation is 1. The molecule has 0 radical (unpaired) electrons. The summed E-state index contributed by atoms with van der Waals surface area (Å²) in [5, 5.41) is 6.97. The van der Waals surface area contributed by atoms with Crippen molar-refractivity contribution in [3.8, 4) is 0 Å². The highest BCUT2D eigenvalue weighted by Gasteiger charge is 2.42. The van der Waals surface area contributed by atoms with Gasteiger partial charge in [0, 0.05) is 36.1 Å². The summed E-state index contributed by atoms with van der Waals surface area (Å²) < 4.78 is 12.8. The molecule has 4 heterocycles. The lowest BCUT2D eigenvalue weighted by molar-refractivity contribution is -0.119. The third kappa shape index (κ3) is 5.00. The molecule has 1 aromatic carbocycles. The molecule has 1 aliphatic heterocycles. The number of carbonyl (C=O) groups excluding carboxylic acids is 1. The molecule has 5 rings (SSSR count). The second kappa shape index (κ2) is 10.6. The van der Waals surface area contributed by atoms with Gasteiger partial charge < -0.3 is 29.3 Å². The average Bonchev–Trinajstić information content (AvgIpc) is 3.60. The number of benzene rings is 1. The fraction of sp³-hybridized carbons (Fsp3) is 0.250. The lowest BCUT2D eigenvalue weighted by Gasteiger charge is -2.28. The molecule has 0 unspecified atom stereocenters. The monoisotopic (exact) mass is 515 g/mol. The van der Waals surface area contributed by atoms with E-state index in [1.807, 2.05) is 54.6 Å². The predicted molar refractivity (Wildman–Crippen MR) is 147 cm³/mol. The second-order valence-corrected chi connectivity index (χ2v) is 9.40. The predicted octanol–water partition coefficient (Wildman–Crippen LogP) is 4.90. The highest BCUT2D eigenvalue weighted by molar-refractivity contribution is 7.80. The van der Waals surface area contributed by atoms with Gasteiger partial charge >= 0.3 is 0 Å². The first-order valence-corrected chi connectivity index (χ1v) is 12.5. The highest BCUT2D eigenvalue weighted by atomic mass is 32.1. The van der Waals surface area contributed by atoms with Gasteiger partial charge in [-0.1, -0.05) is 6.07 Å². The average molecular weight is 516 g/mol. The van der Waals surface area contributed by atoms with Gasteiger partial charge in [-0.2, -0.15) is 0 Å². The standard InChI is InChI=1S/C28H29N5O3S/c1-18-15-23(19(2)32(18)16-22-7-6-14-36-22)27-26(24-8-4-5-13-29-24)31-28(37)33(27)21-11-9-20(10-12-21)30-25(34)17-35-3/h4-15,26-27H,16-17H2,1-3H3,(H,30,34)(H,31,37)/t26-,27-/m1/s1. The van der Waals surface area contributed by atoms with Crippen LogP contribution in [0, 0.1) is 13.8 Å². The number of carbonyl (C=O) groups is 1. The Morgan fingerprint density at radius 2 is 1.97 bits per heavy atom. The number of nitrogens with one attached hydrogen (secondary N) is 2. The molecular weight excluding hydrogens is 486 g/mol. The molecule has 9 heteroatoms. The van der Waals surface area contributed by atoms with E-state index in [2.05, 4.69) is 45.0 Å². The van der Waals surface area contributed by atoms with Gasteiger partial charge in [-0.3, -0.25) is 9.78 Å². The Labute approximate surface area is 221 Å². The lowest BCUT2D eigenvalue weighted by Crippen LogP contribution is -2.29. The number of methoxy groups -OCH3 is 1. The van der Waals surface area contributed by atoms with Crippen molar-refractivity contribution in [2.45, 2.75) is 32.5 Å². The topological polar surface area (TPSA) is 84.6 Å². The van der Waals surface area contributed by atoms with Crippen LogP contribution in [-0.4, -0.2) is 34.3 Å². The van der Waals surface area contributed by atoms with E-state index in [0.717, 1.165) is 34.1 Å². The van der Waals surface area contributed by atoms with E-state index in [1.54, 1.807) is 12.5 Å². The summed E-state index contributed by atoms with van der Waals surface area (Å²) in [5.41, 5.74) is 5.96. The van der Waals surface area contributed by atoms with Crippen molar-refractivity contribution in [2.24, 2.45) is 0 Å². The van der Waals surface area contributed by atoms with Gasteiger partial charge in [0.05, 0.1) is 30.6 Å². The quantitative estimate of drug-likeness (QED) is 0.323. The molecule has 0 aliphatic carbocycles. The van der Waals surface area contributed by atoms with E-state index in [0.29, 0.717) is 17.3 Å². The molecule has 0 bridgehead atoms. The number of aromatic nitrogens is 2. The minimum Gasteiger partial charge on any atom is -0.467 e. The Hall–Kier alpha value is -3.95. The first-order valence-electron chi connectivity index (χ1n) is 12.0. The smallest absolute Gasteiger partial charge is 0.250 e. The summed E-state index contributed by atoms with van der Waals surface area (Å²) >= 11 is 5.87. The van der Waals surface area contributed by atoms with Gasteiger partial charge in [0.1, 0.15) is 12.4 Å². The molecule has 1 amide bonds. The molecule has 2 atom stereocenters. The maximum atomic E-state index is 11.9. The fourth-order valence-corrected chi connectivity index (χ4v) is 5.26. The van der Waals surface area contributed by atoms with Crippen molar-refractivity contribution in [1.82, 2.24) is 14.9 Å². The van der Waals surface area contributed by atoms with Crippen LogP contribution in [0.1, 0.15) is 40.5 Å². The van der Waals surface area contributed by atoms with Crippen LogP contribution >= 0.6 is 12.2 Å². The zero-order chi connectivity index (χ0) is 25.9. The van der Waals surface area contributed by atoms with Crippen LogP contribution < -0.4 is 15.5 Å². The Bertz CT molecular complexity index is 1380. The fourth-order valence-electron chi connectivity index (χ4n) is 4.91. The number of nitrogens with zero attached hydrogens (tertiary/aromatic N) is 3. The summed E-state index contributed by atoms with van der Waals surface area (Å²) in [6.45, 7) is 4.90. The number of pyridine rings is 1. The summed E-state index contributed by atoms with van der Waals surface area (Å²) in [4.78, 5) is 18.7. The first kappa shape index (κ1) is 24.7. The van der Waals surface area contributed by atoms with Crippen molar-refractivity contribution in [2.75, 3.05) is 23.9 Å². The van der Waals surface area contributed by atoms with Crippen molar-refractivity contribution >= 4 is 34.6 Å². The normalized spacial score (nSPS) is 17.2. The van der Waals surface area contributed by atoms with Crippen LogP contribution in [0.5, 0.6) is 0 Å². The van der Waals surface area contributed by atoms with Crippen LogP contribution in [0.3, 0.4) is 0 Å². The van der Waals surface area contributed by atoms with Crippen molar-refractivity contribution in [1.29, 1.82) is 0 Å². The molecule has 4 aromatic rings. The SMILES string of the molecule is COCC(=O)Nc1ccc(N2C(=S)N[C@H](c3ccccn3)[C@H]2c2cc(C)n(Cc3ccco3)c2C)cc1. The van der Waals surface area contributed by atoms with E-state index < -0.39 is 0 Å². The molecule has 2 N–H and O–H groups in total. The Kier molecular flexibility index (Phi) is 7.07. The lowest BCUT2D eigenvalue weighted by atomic mass is 9.96. The van der Waals surface area contributed by atoms with E-state index in [9.17, 15) is 4.79 Å². The van der Waals surface area contributed by atoms with Gasteiger partial charge in [0.15, 0.2) is 5.11 Å². The summed E-state index contributed by atoms with van der Waals surface area (Å²) in [7, 11) is 1.49. The van der Waals surface area contributed by atoms with Gasteiger partial charge in [-0.05, 0) is 86.2 Å². The van der Waals surface area contributed by atoms with E-state index in [1.165, 1.54) is 7.11 Å². The van der Waals surface area contributed by atoms with Gasteiger partial charge in [0.2, 0.25) is 5.91 Å². The Morgan fingerprint density at radius 1 is 1.16 bits per heavy atom. The minimum atomic E-state index is -0.203. The number of thiocarbonyl (C=S) groups is 1. The zero-order valence-electron chi connectivity index (χ0n) is 21.0. The number of hydrogen-bond acceptors (Lipinski definition) is 5. The van der Waals surface area contributed by atoms with Gasteiger partial charge in [-0.25, -0.2) is 0 Å². The number of rotatable bonds is 8. The number of hydrogen-bond donors (Lipinski definition) is 2. The molecule has 1 fully saturated rings. The number of amides is 1. The van der Waals surface area contributed by atoms with Gasteiger partial charge in [-0.15, -0.1) is 0 Å². The van der Waals surface area contributed by atoms with E-state index in [-0.39, 0.29) is 24.6 Å². The molecule has 8 nitrogen and oxygen atoms in total. The van der Waals surface area contributed by atoms with Crippen LogP contribution in [0.2, 0.25) is 0 Å². The Balaban J connectivity index is 1.54. The third-order valence-corrected chi connectivity index (χ3v) is 6.94. The highest BCUT2D eigenvalue weighted by Crippen LogP contribution is 2.43. The van der Waals surface area contributed by atoms with Gasteiger partial charge in [0.25, 0.3) is 0 Å². The zero-order valence-corrected chi connectivity index (χ0v) is 21.8. The van der Waals surface area contributed by atoms with Crippen molar-refractivity contribution < 1.29 is 13.9 Å². The van der Waals surface area contributed by atoms with E-state index in [4.69, 9.17) is 21.4 Å². The molecule has 3 aromatic heterocycles. The largest absolute Gasteiger partial charge is 0.467 e. The number of anilines is 2. The second-order valence-electron chi connectivity index (χ2n) is 9.02. The van der Waals surface area contributed by atoms with Crippen LogP contribution in [0.4, 0.5) is 11.4 Å². The summed E-state index contributed by atoms with van der Waals surface area (Å²) in [6.07, 6.45) is 3.50. The van der Waals surface area contributed by atoms with Crippen molar-refractivity contribution in [3.05, 3.63) is 102 Å². The molecule has 37 heavy (non-hydrogen) atoms. The van der Waals surface area contributed by atoms with Crippen LogP contribution in [0.15, 0.2) is 77.5 Å². The van der Waals surface area contributed by atoms with Crippen LogP contribution in [0.25, 0.3) is 0 Å². The molecule has 190 valence electrons. The molecule has 0 spiro atoms. The minimum absolute atomic E-state index is 0.00331. The maximum absolute atomic E-state index is 11.9.